The van der Waals surface area contributed by atoms with Gasteiger partial charge in [0, 0.05) is 92.5 Å². The van der Waals surface area contributed by atoms with E-state index in [0.29, 0.717) is 0 Å². The van der Waals surface area contributed by atoms with E-state index in [1.54, 1.807) is 0 Å². The molecular formula is C11H48Cu5O20P2+2. The van der Waals surface area contributed by atoms with Crippen molar-refractivity contribution in [2.24, 2.45) is 0 Å². The SMILES string of the molecule is CC(O)O.CC(O)O.CC(O)O.CC(O)O.CC(O)O.CO.O.O.O.O[PH+](O)O.O[PH+](O)O.[Cu].[Cu].[Cu].[Cu].[Cu]. The zero-order valence-electron chi connectivity index (χ0n) is 20.5. The van der Waals surface area contributed by atoms with Crippen molar-refractivity contribution in [3.63, 3.8) is 0 Å². The first-order valence-electron chi connectivity index (χ1n) is 7.26. The van der Waals surface area contributed by atoms with Crippen LogP contribution in [0.4, 0.5) is 0 Å². The molecule has 0 amide bonds. The van der Waals surface area contributed by atoms with Crippen LogP contribution >= 0.6 is 17.2 Å². The Kier molecular flexibility index (Phi) is 293. The summed E-state index contributed by atoms with van der Waals surface area (Å²) in [6.45, 7) is 6.39. The van der Waals surface area contributed by atoms with Crippen molar-refractivity contribution in [1.82, 2.24) is 0 Å². The molecule has 0 saturated heterocycles. The van der Waals surface area contributed by atoms with E-state index < -0.39 is 48.7 Å². The predicted molar refractivity (Wildman–Crippen MR) is 118 cm³/mol. The molecule has 0 rings (SSSR count). The molecule has 5 radical (unpaired) electrons. The second-order valence-corrected chi connectivity index (χ2v) is 4.96. The van der Waals surface area contributed by atoms with Crippen molar-refractivity contribution in [2.75, 3.05) is 7.11 Å². The summed E-state index contributed by atoms with van der Waals surface area (Å²) in [5.74, 6) is 0. The zero-order chi connectivity index (χ0) is 27.0. The van der Waals surface area contributed by atoms with Crippen LogP contribution in [-0.4, -0.2) is 141 Å². The molecule has 0 atom stereocenters. The molecule has 0 heterocycles. The fourth-order valence-electron chi connectivity index (χ4n) is 0. The van der Waals surface area contributed by atoms with Gasteiger partial charge in [-0.25, -0.2) is 0 Å². The summed E-state index contributed by atoms with van der Waals surface area (Å²) < 4.78 is 0. The Hall–Kier alpha value is 2.66. The fraction of sp³-hybridized carbons (Fsp3) is 1.00. The summed E-state index contributed by atoms with van der Waals surface area (Å²) in [6, 6.07) is 0. The molecule has 27 heteroatoms. The minimum atomic E-state index is -2.88. The number of hydrogen-bond acceptors (Lipinski definition) is 17. The standard InChI is InChI=1S/5C2H6O2.CH4O.5Cu.2H4O3P.3H2O/c5*1-2(3)4;1-2;;;;;;2*1-4(2)3;;;/h5*2-4H,1H3;2H,1H3;;;;;;2*1-4H;3*1H2/q;;;;;;;;;;;2*+1;;;. The Morgan fingerprint density at radius 2 is 0.316 bits per heavy atom. The first-order chi connectivity index (χ1) is 13.1. The second-order valence-electron chi connectivity index (χ2n) is 3.76. The van der Waals surface area contributed by atoms with E-state index in [9.17, 15) is 0 Å². The van der Waals surface area contributed by atoms with Crippen LogP contribution < -0.4 is 0 Å². The zero-order valence-corrected chi connectivity index (χ0v) is 27.2. The predicted octanol–water partition coefficient (Wildman–Crippen LogP) is -8.45. The van der Waals surface area contributed by atoms with Crippen LogP contribution in [0.2, 0.25) is 0 Å². The van der Waals surface area contributed by atoms with Crippen molar-refractivity contribution in [3.05, 3.63) is 0 Å². The molecule has 0 bridgehead atoms. The number of aliphatic hydroxyl groups excluding tert-OH is 6. The van der Waals surface area contributed by atoms with Gasteiger partial charge in [0.1, 0.15) is 31.5 Å². The number of aliphatic hydroxyl groups is 11. The van der Waals surface area contributed by atoms with Crippen molar-refractivity contribution >= 4 is 17.2 Å². The van der Waals surface area contributed by atoms with Crippen LogP contribution in [0.3, 0.4) is 0 Å². The van der Waals surface area contributed by atoms with E-state index in [2.05, 4.69) is 0 Å². The maximum atomic E-state index is 7.61. The summed E-state index contributed by atoms with van der Waals surface area (Å²) in [6.07, 6.45) is -5.83. The maximum Gasteiger partial charge on any atom is 0.390 e. The van der Waals surface area contributed by atoms with Gasteiger partial charge in [-0.1, -0.05) is 0 Å². The van der Waals surface area contributed by atoms with Crippen molar-refractivity contribution in [2.45, 2.75) is 66.1 Å². The first-order valence-corrected chi connectivity index (χ1v) is 9.94. The largest absolute Gasteiger partial charge is 0.412 e. The Morgan fingerprint density at radius 3 is 0.316 bits per heavy atom. The van der Waals surface area contributed by atoms with Crippen LogP contribution in [-0.2, 0) is 85.3 Å². The molecule has 0 unspecified atom stereocenters. The average molecular weight is 880 g/mol. The molecule has 275 valence electrons. The molecule has 0 aromatic heterocycles. The number of hydrogen-bond donors (Lipinski definition) is 17. The minimum absolute atomic E-state index is 0. The van der Waals surface area contributed by atoms with Gasteiger partial charge in [0.2, 0.25) is 0 Å². The number of rotatable bonds is 0. The van der Waals surface area contributed by atoms with E-state index in [0.717, 1.165) is 7.11 Å². The third kappa shape index (κ3) is 7760. The quantitative estimate of drug-likeness (QED) is 0.0610. The molecule has 0 aliphatic heterocycles. The molecule has 0 aliphatic carbocycles. The molecule has 0 spiro atoms. The third-order valence-corrected chi connectivity index (χ3v) is 0. The molecule has 0 fully saturated rings. The Morgan fingerprint density at radius 1 is 0.316 bits per heavy atom. The minimum Gasteiger partial charge on any atom is -0.412 e. The topological polar surface area (TPSA) is 438 Å². The molecule has 0 aliphatic rings. The molecule has 0 aromatic carbocycles. The van der Waals surface area contributed by atoms with Gasteiger partial charge in [0.15, 0.2) is 0 Å². The monoisotopic (exact) mass is 877 g/mol. The van der Waals surface area contributed by atoms with E-state index in [-0.39, 0.29) is 102 Å². The fourth-order valence-corrected chi connectivity index (χ4v) is 0. The van der Waals surface area contributed by atoms with Gasteiger partial charge >= 0.3 is 17.2 Å². The molecule has 38 heavy (non-hydrogen) atoms. The van der Waals surface area contributed by atoms with Crippen molar-refractivity contribution in [1.29, 1.82) is 0 Å². The normalized spacial score (nSPS) is 6.79. The van der Waals surface area contributed by atoms with Crippen LogP contribution in [0, 0.1) is 0 Å². The van der Waals surface area contributed by atoms with Gasteiger partial charge in [-0.05, 0) is 34.6 Å². The molecule has 20 nitrogen and oxygen atoms in total. The summed E-state index contributed by atoms with van der Waals surface area (Å²) >= 11 is 0. The maximum absolute atomic E-state index is 7.61. The Labute approximate surface area is 276 Å². The van der Waals surface area contributed by atoms with Gasteiger partial charge in [0.25, 0.3) is 0 Å². The van der Waals surface area contributed by atoms with Crippen molar-refractivity contribution < 1.29 is 187 Å². The molecular weight excluding hydrogens is 832 g/mol. The Balaban J connectivity index is -0.0000000101. The van der Waals surface area contributed by atoms with Gasteiger partial charge in [0.05, 0.1) is 0 Å². The third-order valence-electron chi connectivity index (χ3n) is 0. The Bertz CT molecular complexity index is 154. The van der Waals surface area contributed by atoms with Gasteiger partial charge in [-0.2, -0.15) is 29.4 Å². The molecule has 0 aromatic rings. The van der Waals surface area contributed by atoms with E-state index in [1.165, 1.54) is 34.6 Å². The van der Waals surface area contributed by atoms with Crippen LogP contribution in [0.25, 0.3) is 0 Å². The van der Waals surface area contributed by atoms with Crippen LogP contribution in [0.5, 0.6) is 0 Å². The summed E-state index contributed by atoms with van der Waals surface area (Å²) in [7, 11) is -4.76. The van der Waals surface area contributed by atoms with Crippen molar-refractivity contribution in [3.8, 4) is 0 Å². The van der Waals surface area contributed by atoms with Gasteiger partial charge in [-0.3, -0.25) is 0 Å². The second kappa shape index (κ2) is 106. The summed E-state index contributed by atoms with van der Waals surface area (Å²) in [5.41, 5.74) is 0. The van der Waals surface area contributed by atoms with E-state index in [4.69, 9.17) is 85.5 Å². The van der Waals surface area contributed by atoms with Crippen LogP contribution in [0.1, 0.15) is 34.6 Å². The average Bonchev–Trinajstić information content (AvgIpc) is 2.34. The smallest absolute Gasteiger partial charge is 0.390 e. The van der Waals surface area contributed by atoms with E-state index >= 15 is 0 Å². The summed E-state index contributed by atoms with van der Waals surface area (Å²) in [4.78, 5) is 43.6. The molecule has 0 saturated carbocycles. The van der Waals surface area contributed by atoms with E-state index in [1.807, 2.05) is 0 Å². The van der Waals surface area contributed by atoms with Crippen LogP contribution in [0.15, 0.2) is 0 Å². The summed E-state index contributed by atoms with van der Waals surface area (Å²) in [5, 5.41) is 83.1. The first kappa shape index (κ1) is 105. The molecule has 23 N–H and O–H groups in total. The van der Waals surface area contributed by atoms with Gasteiger partial charge < -0.3 is 72.6 Å². The van der Waals surface area contributed by atoms with Gasteiger partial charge in [-0.15, -0.1) is 0 Å².